The van der Waals surface area contributed by atoms with Crippen LogP contribution in [0.5, 0.6) is 11.5 Å². The molecule has 2 amide bonds. The Hall–Kier alpha value is -2.00. The van der Waals surface area contributed by atoms with Crippen molar-refractivity contribution in [3.05, 3.63) is 44.6 Å². The van der Waals surface area contributed by atoms with Crippen molar-refractivity contribution in [2.24, 2.45) is 0 Å². The van der Waals surface area contributed by atoms with Gasteiger partial charge >= 0.3 is 0 Å². The molecule has 9 heteroatoms. The third-order valence-corrected chi connectivity index (χ3v) is 6.09. The zero-order valence-corrected chi connectivity index (χ0v) is 16.8. The molecule has 4 N–H and O–H groups in total. The summed E-state index contributed by atoms with van der Waals surface area (Å²) in [5.74, 6) is -0.973. The Kier molecular flexibility index (Phi) is 5.57. The lowest BCUT2D eigenvalue weighted by Crippen LogP contribution is -2.46. The van der Waals surface area contributed by atoms with Gasteiger partial charge in [0.2, 0.25) is 0 Å². The molecule has 1 aromatic carbocycles. The molecule has 0 atom stereocenters. The summed E-state index contributed by atoms with van der Waals surface area (Å²) in [6.45, 7) is 1.01. The largest absolute Gasteiger partial charge is 0.504 e. The molecule has 1 fully saturated rings. The fraction of sp³-hybridized carbons (Fsp3) is 0.294. The maximum absolute atomic E-state index is 12.5. The highest BCUT2D eigenvalue weighted by molar-refractivity contribution is 9.13. The van der Waals surface area contributed by atoms with Crippen molar-refractivity contribution in [1.29, 1.82) is 0 Å². The molecule has 1 aliphatic heterocycles. The van der Waals surface area contributed by atoms with Gasteiger partial charge in [0.1, 0.15) is 5.69 Å². The smallest absolute Gasteiger partial charge is 0.267 e. The number of carbonyl (C=O) groups excluding carboxylic acids is 2. The van der Waals surface area contributed by atoms with Crippen molar-refractivity contribution in [2.75, 3.05) is 13.1 Å². The van der Waals surface area contributed by atoms with Crippen LogP contribution in [0.1, 0.15) is 33.7 Å². The average molecular weight is 487 g/mol. The van der Waals surface area contributed by atoms with Crippen LogP contribution in [0.2, 0.25) is 0 Å². The second-order valence-corrected chi connectivity index (χ2v) is 7.74. The molecule has 1 saturated heterocycles. The number of rotatable bonds is 3. The van der Waals surface area contributed by atoms with Gasteiger partial charge in [0.05, 0.1) is 9.08 Å². The molecule has 138 valence electrons. The van der Waals surface area contributed by atoms with Crippen LogP contribution in [-0.2, 0) is 0 Å². The number of nitrogens with zero attached hydrogens (tertiary/aromatic N) is 1. The van der Waals surface area contributed by atoms with E-state index in [9.17, 15) is 19.8 Å². The van der Waals surface area contributed by atoms with Crippen molar-refractivity contribution in [1.82, 2.24) is 15.2 Å². The maximum atomic E-state index is 12.5. The van der Waals surface area contributed by atoms with Gasteiger partial charge in [-0.1, -0.05) is 0 Å². The zero-order chi connectivity index (χ0) is 18.8. The standard InChI is InChI=1S/C17H17Br2N3O4/c18-11-8-12(21-15(11)19)16(25)20-10-3-5-22(6-4-10)17(26)9-1-2-13(23)14(24)7-9/h1-2,7-8,10,21,23-24H,3-6H2,(H,20,25). The number of nitrogens with one attached hydrogen (secondary N) is 2. The number of aromatic hydroxyl groups is 2. The van der Waals surface area contributed by atoms with Crippen LogP contribution in [0.15, 0.2) is 33.3 Å². The molecule has 0 spiro atoms. The van der Waals surface area contributed by atoms with E-state index in [-0.39, 0.29) is 29.4 Å². The van der Waals surface area contributed by atoms with E-state index in [4.69, 9.17) is 0 Å². The highest BCUT2D eigenvalue weighted by atomic mass is 79.9. The number of amides is 2. The van der Waals surface area contributed by atoms with Crippen molar-refractivity contribution in [2.45, 2.75) is 18.9 Å². The molecule has 0 bridgehead atoms. The van der Waals surface area contributed by atoms with E-state index in [1.54, 1.807) is 11.0 Å². The van der Waals surface area contributed by atoms with E-state index in [1.807, 2.05) is 0 Å². The third kappa shape index (κ3) is 4.04. The van der Waals surface area contributed by atoms with Gasteiger partial charge in [-0.15, -0.1) is 0 Å². The Bertz CT molecular complexity index is 825. The van der Waals surface area contributed by atoms with Gasteiger partial charge in [-0.25, -0.2) is 0 Å². The van der Waals surface area contributed by atoms with Crippen molar-refractivity contribution < 1.29 is 19.8 Å². The number of hydrogen-bond acceptors (Lipinski definition) is 4. The predicted octanol–water partition coefficient (Wildman–Crippen LogP) is 2.99. The summed E-state index contributed by atoms with van der Waals surface area (Å²) >= 11 is 6.63. The van der Waals surface area contributed by atoms with Crippen LogP contribution < -0.4 is 5.32 Å². The van der Waals surface area contributed by atoms with E-state index >= 15 is 0 Å². The van der Waals surface area contributed by atoms with E-state index in [0.717, 1.165) is 4.47 Å². The molecule has 0 saturated carbocycles. The maximum Gasteiger partial charge on any atom is 0.267 e. The summed E-state index contributed by atoms with van der Waals surface area (Å²) in [5.41, 5.74) is 0.783. The number of hydrogen-bond donors (Lipinski definition) is 4. The van der Waals surface area contributed by atoms with Crippen LogP contribution in [0, 0.1) is 0 Å². The topological polar surface area (TPSA) is 106 Å². The first-order valence-electron chi connectivity index (χ1n) is 8.01. The van der Waals surface area contributed by atoms with Gasteiger partial charge in [-0.2, -0.15) is 0 Å². The summed E-state index contributed by atoms with van der Waals surface area (Å²) in [6.07, 6.45) is 1.29. The van der Waals surface area contributed by atoms with Crippen LogP contribution >= 0.6 is 31.9 Å². The van der Waals surface area contributed by atoms with Gasteiger partial charge in [0.15, 0.2) is 11.5 Å². The summed E-state index contributed by atoms with van der Waals surface area (Å²) in [5, 5.41) is 21.9. The number of phenols is 2. The number of aromatic amines is 1. The van der Waals surface area contributed by atoms with Gasteiger partial charge in [0.25, 0.3) is 11.8 Å². The molecule has 0 unspecified atom stereocenters. The summed E-state index contributed by atoms with van der Waals surface area (Å²) in [4.78, 5) is 29.4. The molecule has 2 heterocycles. The highest BCUT2D eigenvalue weighted by Crippen LogP contribution is 2.26. The number of halogens is 2. The van der Waals surface area contributed by atoms with Crippen molar-refractivity contribution in [3.8, 4) is 11.5 Å². The monoisotopic (exact) mass is 485 g/mol. The Morgan fingerprint density at radius 3 is 2.38 bits per heavy atom. The molecular weight excluding hydrogens is 470 g/mol. The first-order chi connectivity index (χ1) is 12.3. The van der Waals surface area contributed by atoms with Crippen LogP contribution in [-0.4, -0.2) is 51.0 Å². The number of likely N-dealkylation sites (tertiary alicyclic amines) is 1. The zero-order valence-electron chi connectivity index (χ0n) is 13.6. The Morgan fingerprint density at radius 1 is 1.12 bits per heavy atom. The molecule has 3 rings (SSSR count). The number of carbonyl (C=O) groups is 2. The van der Waals surface area contributed by atoms with Gasteiger partial charge in [-0.3, -0.25) is 9.59 Å². The van der Waals surface area contributed by atoms with E-state index < -0.39 is 0 Å². The molecule has 7 nitrogen and oxygen atoms in total. The molecule has 2 aromatic rings. The minimum atomic E-state index is -0.318. The average Bonchev–Trinajstić information content (AvgIpc) is 2.96. The Balaban J connectivity index is 1.56. The SMILES string of the molecule is O=C(NC1CCN(C(=O)c2ccc(O)c(O)c2)CC1)c1cc(Br)c(Br)[nH]1. The summed E-state index contributed by atoms with van der Waals surface area (Å²) < 4.78 is 1.49. The first kappa shape index (κ1) is 18.8. The normalized spacial score (nSPS) is 15.1. The van der Waals surface area contributed by atoms with Gasteiger partial charge in [0, 0.05) is 24.7 Å². The highest BCUT2D eigenvalue weighted by Gasteiger charge is 2.25. The Morgan fingerprint density at radius 2 is 1.81 bits per heavy atom. The summed E-state index contributed by atoms with van der Waals surface area (Å²) in [6, 6.07) is 5.72. The van der Waals surface area contributed by atoms with E-state index in [1.165, 1.54) is 18.2 Å². The quantitative estimate of drug-likeness (QED) is 0.500. The number of phenolic OH excluding ortho intramolecular Hbond substituents is 2. The molecule has 1 aliphatic rings. The molecule has 0 aliphatic carbocycles. The van der Waals surface area contributed by atoms with E-state index in [2.05, 4.69) is 42.2 Å². The number of H-pyrrole nitrogens is 1. The first-order valence-corrected chi connectivity index (χ1v) is 9.60. The minimum absolute atomic E-state index is 0.0133. The van der Waals surface area contributed by atoms with Crippen molar-refractivity contribution >= 4 is 43.7 Å². The molecule has 0 radical (unpaired) electrons. The lowest BCUT2D eigenvalue weighted by molar-refractivity contribution is 0.0697. The minimum Gasteiger partial charge on any atom is -0.504 e. The summed E-state index contributed by atoms with van der Waals surface area (Å²) in [7, 11) is 0. The molecular formula is C17H17Br2N3O4. The molecule has 26 heavy (non-hydrogen) atoms. The predicted molar refractivity (Wildman–Crippen MR) is 102 cm³/mol. The van der Waals surface area contributed by atoms with Gasteiger partial charge in [-0.05, 0) is 69.0 Å². The van der Waals surface area contributed by atoms with E-state index in [0.29, 0.717) is 41.8 Å². The fourth-order valence-corrected chi connectivity index (χ4v) is 3.51. The third-order valence-electron chi connectivity index (χ3n) is 4.31. The molecule has 1 aromatic heterocycles. The number of piperidine rings is 1. The lowest BCUT2D eigenvalue weighted by Gasteiger charge is -2.32. The number of benzene rings is 1. The second-order valence-electron chi connectivity index (χ2n) is 6.09. The van der Waals surface area contributed by atoms with Crippen LogP contribution in [0.4, 0.5) is 0 Å². The van der Waals surface area contributed by atoms with Crippen LogP contribution in [0.3, 0.4) is 0 Å². The number of aromatic nitrogens is 1. The fourth-order valence-electron chi connectivity index (χ4n) is 2.86. The Labute approximate surface area is 166 Å². The second kappa shape index (κ2) is 7.71. The van der Waals surface area contributed by atoms with Gasteiger partial charge < -0.3 is 25.4 Å². The van der Waals surface area contributed by atoms with Crippen molar-refractivity contribution in [3.63, 3.8) is 0 Å². The van der Waals surface area contributed by atoms with Crippen LogP contribution in [0.25, 0.3) is 0 Å². The lowest BCUT2D eigenvalue weighted by atomic mass is 10.0.